The lowest BCUT2D eigenvalue weighted by Gasteiger charge is -2.41. The first-order chi connectivity index (χ1) is 15.1. The second-order valence-electron chi connectivity index (χ2n) is 8.46. The Morgan fingerprint density at radius 3 is 2.16 bits per heavy atom. The van der Waals surface area contributed by atoms with Gasteiger partial charge in [-0.1, -0.05) is 44.6 Å². The minimum Gasteiger partial charge on any atom is -0.497 e. The summed E-state index contributed by atoms with van der Waals surface area (Å²) in [5.41, 5.74) is 0.393. The number of nitrogens with zero attached hydrogens (tertiary/aromatic N) is 1. The quantitative estimate of drug-likeness (QED) is 0.639. The molecule has 0 saturated heterocycles. The number of amides is 2. The van der Waals surface area contributed by atoms with E-state index in [4.69, 9.17) is 9.47 Å². The van der Waals surface area contributed by atoms with Crippen molar-refractivity contribution in [1.82, 2.24) is 10.2 Å². The molecule has 2 saturated carbocycles. The summed E-state index contributed by atoms with van der Waals surface area (Å²) in [6.07, 6.45) is 11.2. The molecule has 2 aliphatic carbocycles. The SMILES string of the molecule is COc1cccc(C(=O)NCC(=O)OCC(=O)N(C2CCCCC2)C2CCCCC2)c1. The molecule has 7 nitrogen and oxygen atoms in total. The molecule has 0 spiro atoms. The normalized spacial score (nSPS) is 17.6. The first-order valence-electron chi connectivity index (χ1n) is 11.5. The Bertz CT molecular complexity index is 736. The van der Waals surface area contributed by atoms with Gasteiger partial charge in [-0.15, -0.1) is 0 Å². The third kappa shape index (κ3) is 6.71. The van der Waals surface area contributed by atoms with Gasteiger partial charge in [0.25, 0.3) is 11.8 Å². The molecule has 2 aliphatic rings. The average Bonchev–Trinajstić information content (AvgIpc) is 2.82. The molecule has 3 rings (SSSR count). The molecule has 0 heterocycles. The minimum atomic E-state index is -0.614. The maximum Gasteiger partial charge on any atom is 0.325 e. The predicted molar refractivity (Wildman–Crippen MR) is 117 cm³/mol. The van der Waals surface area contributed by atoms with E-state index in [-0.39, 0.29) is 31.1 Å². The summed E-state index contributed by atoms with van der Waals surface area (Å²) in [4.78, 5) is 39.4. The Labute approximate surface area is 184 Å². The van der Waals surface area contributed by atoms with Gasteiger partial charge in [0.05, 0.1) is 7.11 Å². The molecule has 0 atom stereocenters. The Hall–Kier alpha value is -2.57. The Balaban J connectivity index is 1.49. The number of hydrogen-bond acceptors (Lipinski definition) is 5. The average molecular weight is 431 g/mol. The molecule has 0 bridgehead atoms. The van der Waals surface area contributed by atoms with Crippen LogP contribution in [-0.4, -0.2) is 55.0 Å². The summed E-state index contributed by atoms with van der Waals surface area (Å²) >= 11 is 0. The van der Waals surface area contributed by atoms with E-state index in [0.29, 0.717) is 11.3 Å². The van der Waals surface area contributed by atoms with Crippen molar-refractivity contribution in [3.63, 3.8) is 0 Å². The van der Waals surface area contributed by atoms with Gasteiger partial charge in [0.15, 0.2) is 6.61 Å². The van der Waals surface area contributed by atoms with Crippen LogP contribution < -0.4 is 10.1 Å². The highest BCUT2D eigenvalue weighted by atomic mass is 16.5. The molecule has 0 aliphatic heterocycles. The smallest absolute Gasteiger partial charge is 0.325 e. The monoisotopic (exact) mass is 430 g/mol. The van der Waals surface area contributed by atoms with Gasteiger partial charge in [-0.3, -0.25) is 14.4 Å². The van der Waals surface area contributed by atoms with Gasteiger partial charge in [-0.05, 0) is 43.9 Å². The molecule has 0 radical (unpaired) electrons. The molecule has 2 fully saturated rings. The van der Waals surface area contributed by atoms with Crippen LogP contribution in [0.3, 0.4) is 0 Å². The fourth-order valence-corrected chi connectivity index (χ4v) is 4.71. The van der Waals surface area contributed by atoms with Crippen molar-refractivity contribution in [2.75, 3.05) is 20.3 Å². The highest BCUT2D eigenvalue weighted by Crippen LogP contribution is 2.30. The van der Waals surface area contributed by atoms with Gasteiger partial charge in [0, 0.05) is 17.6 Å². The van der Waals surface area contributed by atoms with Crippen molar-refractivity contribution in [2.24, 2.45) is 0 Å². The van der Waals surface area contributed by atoms with E-state index < -0.39 is 11.9 Å². The van der Waals surface area contributed by atoms with E-state index in [9.17, 15) is 14.4 Å². The van der Waals surface area contributed by atoms with Crippen molar-refractivity contribution in [3.8, 4) is 5.75 Å². The topological polar surface area (TPSA) is 84.9 Å². The lowest BCUT2D eigenvalue weighted by molar-refractivity contribution is -0.154. The molecule has 1 aromatic carbocycles. The van der Waals surface area contributed by atoms with Gasteiger partial charge in [-0.25, -0.2) is 0 Å². The fraction of sp³-hybridized carbons (Fsp3) is 0.625. The van der Waals surface area contributed by atoms with E-state index in [1.807, 2.05) is 4.90 Å². The zero-order valence-corrected chi connectivity index (χ0v) is 18.4. The molecule has 31 heavy (non-hydrogen) atoms. The fourth-order valence-electron chi connectivity index (χ4n) is 4.71. The van der Waals surface area contributed by atoms with Gasteiger partial charge >= 0.3 is 5.97 Å². The van der Waals surface area contributed by atoms with E-state index >= 15 is 0 Å². The number of benzene rings is 1. The van der Waals surface area contributed by atoms with E-state index in [0.717, 1.165) is 51.4 Å². The Kier molecular flexibility index (Phi) is 8.74. The van der Waals surface area contributed by atoms with E-state index in [1.54, 1.807) is 24.3 Å². The van der Waals surface area contributed by atoms with Crippen molar-refractivity contribution < 1.29 is 23.9 Å². The Morgan fingerprint density at radius 1 is 0.968 bits per heavy atom. The van der Waals surface area contributed by atoms with Crippen LogP contribution >= 0.6 is 0 Å². The van der Waals surface area contributed by atoms with Crippen LogP contribution in [0.2, 0.25) is 0 Å². The number of ether oxygens (including phenoxy) is 2. The van der Waals surface area contributed by atoms with Crippen LogP contribution in [0, 0.1) is 0 Å². The largest absolute Gasteiger partial charge is 0.497 e. The zero-order valence-electron chi connectivity index (χ0n) is 18.4. The zero-order chi connectivity index (χ0) is 22.1. The van der Waals surface area contributed by atoms with Crippen molar-refractivity contribution in [3.05, 3.63) is 29.8 Å². The van der Waals surface area contributed by atoms with Crippen molar-refractivity contribution in [2.45, 2.75) is 76.3 Å². The molecule has 1 N–H and O–H groups in total. The number of methoxy groups -OCH3 is 1. The maximum atomic E-state index is 13.0. The molecule has 7 heteroatoms. The second-order valence-corrected chi connectivity index (χ2v) is 8.46. The van der Waals surface area contributed by atoms with E-state index in [2.05, 4.69) is 5.32 Å². The first kappa shape index (κ1) is 23.1. The number of hydrogen-bond donors (Lipinski definition) is 1. The van der Waals surface area contributed by atoms with Gasteiger partial charge in [0.1, 0.15) is 12.3 Å². The number of esters is 1. The van der Waals surface area contributed by atoms with Crippen LogP contribution in [0.4, 0.5) is 0 Å². The number of rotatable bonds is 8. The third-order valence-corrected chi connectivity index (χ3v) is 6.31. The summed E-state index contributed by atoms with van der Waals surface area (Å²) in [6, 6.07) is 7.19. The number of carbonyl (C=O) groups is 3. The molecular formula is C24H34N2O5. The maximum absolute atomic E-state index is 13.0. The predicted octanol–water partition coefficient (Wildman–Crippen LogP) is 3.46. The molecule has 0 aromatic heterocycles. The molecular weight excluding hydrogens is 396 g/mol. The molecule has 170 valence electrons. The summed E-state index contributed by atoms with van der Waals surface area (Å²) in [6.45, 7) is -0.545. The summed E-state index contributed by atoms with van der Waals surface area (Å²) in [7, 11) is 1.52. The number of nitrogens with one attached hydrogen (secondary N) is 1. The van der Waals surface area contributed by atoms with Crippen LogP contribution in [0.15, 0.2) is 24.3 Å². The van der Waals surface area contributed by atoms with Crippen molar-refractivity contribution >= 4 is 17.8 Å². The lowest BCUT2D eigenvalue weighted by atomic mass is 9.88. The molecule has 2 amide bonds. The van der Waals surface area contributed by atoms with Gasteiger partial charge in [-0.2, -0.15) is 0 Å². The van der Waals surface area contributed by atoms with Gasteiger partial charge in [0.2, 0.25) is 0 Å². The summed E-state index contributed by atoms with van der Waals surface area (Å²) in [5.74, 6) is -0.553. The highest BCUT2D eigenvalue weighted by molar-refractivity contribution is 5.96. The number of carbonyl (C=O) groups excluding carboxylic acids is 3. The lowest BCUT2D eigenvalue weighted by Crippen LogP contribution is -2.50. The van der Waals surface area contributed by atoms with Crippen LogP contribution in [0.25, 0.3) is 0 Å². The van der Waals surface area contributed by atoms with E-state index in [1.165, 1.54) is 20.0 Å². The minimum absolute atomic E-state index is 0.105. The molecule has 1 aromatic rings. The second kappa shape index (κ2) is 11.7. The van der Waals surface area contributed by atoms with Gasteiger partial charge < -0.3 is 19.7 Å². The van der Waals surface area contributed by atoms with Crippen LogP contribution in [-0.2, 0) is 14.3 Å². The first-order valence-corrected chi connectivity index (χ1v) is 11.5. The summed E-state index contributed by atoms with van der Waals surface area (Å²) < 4.78 is 10.3. The highest BCUT2D eigenvalue weighted by Gasteiger charge is 2.32. The van der Waals surface area contributed by atoms with Crippen molar-refractivity contribution in [1.29, 1.82) is 0 Å². The summed E-state index contributed by atoms with van der Waals surface area (Å²) in [5, 5.41) is 2.54. The standard InChI is InChI=1S/C24H34N2O5/c1-30-21-14-8-9-18(15-21)24(29)25-16-23(28)31-17-22(27)26(19-10-4-2-5-11-19)20-12-6-3-7-13-20/h8-9,14-15,19-20H,2-7,10-13,16-17H2,1H3,(H,25,29). The van der Waals surface area contributed by atoms with Crippen LogP contribution in [0.5, 0.6) is 5.75 Å². The Morgan fingerprint density at radius 2 is 1.58 bits per heavy atom. The third-order valence-electron chi connectivity index (χ3n) is 6.31. The van der Waals surface area contributed by atoms with Crippen LogP contribution in [0.1, 0.15) is 74.6 Å². The molecule has 0 unspecified atom stereocenters.